The number of hydrogen-bond acceptors (Lipinski definition) is 5. The minimum atomic E-state index is -0.257. The molecule has 0 saturated heterocycles. The van der Waals surface area contributed by atoms with E-state index < -0.39 is 0 Å². The highest BCUT2D eigenvalue weighted by molar-refractivity contribution is 5.90. The van der Waals surface area contributed by atoms with Gasteiger partial charge in [0.25, 0.3) is 5.82 Å². The lowest BCUT2D eigenvalue weighted by atomic mass is 10.2. The summed E-state index contributed by atoms with van der Waals surface area (Å²) >= 11 is 0. The van der Waals surface area contributed by atoms with Crippen molar-refractivity contribution in [3.8, 4) is 11.8 Å². The SMILES string of the molecule is N#Cc1ncn(CC(=O)Nc2ccc(OCc3ccccc3)cc2)n1. The van der Waals surface area contributed by atoms with Gasteiger partial charge in [-0.3, -0.25) is 4.79 Å². The second kappa shape index (κ2) is 7.75. The summed E-state index contributed by atoms with van der Waals surface area (Å²) in [5.74, 6) is 0.497. The number of aromatic nitrogens is 3. The van der Waals surface area contributed by atoms with Gasteiger partial charge in [-0.15, -0.1) is 5.10 Å². The van der Waals surface area contributed by atoms with Gasteiger partial charge in [0.05, 0.1) is 0 Å². The van der Waals surface area contributed by atoms with Gasteiger partial charge in [0.1, 0.15) is 31.3 Å². The summed E-state index contributed by atoms with van der Waals surface area (Å²) in [7, 11) is 0. The van der Waals surface area contributed by atoms with E-state index in [0.29, 0.717) is 12.3 Å². The number of anilines is 1. The lowest BCUT2D eigenvalue weighted by molar-refractivity contribution is -0.116. The molecule has 0 unspecified atom stereocenters. The molecule has 0 saturated carbocycles. The molecule has 2 aromatic carbocycles. The number of amides is 1. The second-order valence-electron chi connectivity index (χ2n) is 5.22. The van der Waals surface area contributed by atoms with Gasteiger partial charge in [-0.05, 0) is 29.8 Å². The van der Waals surface area contributed by atoms with Crippen molar-refractivity contribution >= 4 is 11.6 Å². The Morgan fingerprint density at radius 3 is 2.60 bits per heavy atom. The zero-order valence-corrected chi connectivity index (χ0v) is 13.3. The molecule has 0 spiro atoms. The third-order valence-corrected chi connectivity index (χ3v) is 3.33. The lowest BCUT2D eigenvalue weighted by Gasteiger charge is -2.08. The molecule has 7 heteroatoms. The predicted octanol–water partition coefficient (Wildman–Crippen LogP) is 2.37. The fourth-order valence-corrected chi connectivity index (χ4v) is 2.15. The number of benzene rings is 2. The third kappa shape index (κ3) is 4.65. The first-order chi connectivity index (χ1) is 12.2. The maximum Gasteiger partial charge on any atom is 0.252 e. The summed E-state index contributed by atoms with van der Waals surface area (Å²) < 4.78 is 7.01. The molecule has 0 fully saturated rings. The van der Waals surface area contributed by atoms with Crippen LogP contribution in [0, 0.1) is 11.3 Å². The highest BCUT2D eigenvalue weighted by Crippen LogP contribution is 2.17. The van der Waals surface area contributed by atoms with Crippen molar-refractivity contribution in [3.05, 3.63) is 72.3 Å². The van der Waals surface area contributed by atoms with Gasteiger partial charge in [-0.2, -0.15) is 5.26 Å². The first kappa shape index (κ1) is 16.2. The predicted molar refractivity (Wildman–Crippen MR) is 90.6 cm³/mol. The monoisotopic (exact) mass is 333 g/mol. The quantitative estimate of drug-likeness (QED) is 0.747. The molecule has 1 aromatic heterocycles. The molecule has 0 aliphatic heterocycles. The van der Waals surface area contributed by atoms with E-state index in [2.05, 4.69) is 15.4 Å². The number of hydrogen-bond donors (Lipinski definition) is 1. The topological polar surface area (TPSA) is 92.8 Å². The van der Waals surface area contributed by atoms with E-state index in [1.165, 1.54) is 11.0 Å². The van der Waals surface area contributed by atoms with Gasteiger partial charge in [-0.25, -0.2) is 9.67 Å². The number of rotatable bonds is 6. The highest BCUT2D eigenvalue weighted by Gasteiger charge is 2.06. The first-order valence-electron chi connectivity index (χ1n) is 7.59. The highest BCUT2D eigenvalue weighted by atomic mass is 16.5. The van der Waals surface area contributed by atoms with Gasteiger partial charge in [-0.1, -0.05) is 30.3 Å². The van der Waals surface area contributed by atoms with Gasteiger partial charge < -0.3 is 10.1 Å². The average molecular weight is 333 g/mol. The van der Waals surface area contributed by atoms with Gasteiger partial charge in [0.15, 0.2) is 0 Å². The molecule has 25 heavy (non-hydrogen) atoms. The fraction of sp³-hybridized carbons (Fsp3) is 0.111. The molecule has 1 N–H and O–H groups in total. The van der Waals surface area contributed by atoms with Crippen molar-refractivity contribution < 1.29 is 9.53 Å². The van der Waals surface area contributed by atoms with Crippen LogP contribution < -0.4 is 10.1 Å². The molecule has 0 aliphatic rings. The Bertz CT molecular complexity index is 882. The maximum atomic E-state index is 12.0. The Hall–Kier alpha value is -3.66. The van der Waals surface area contributed by atoms with Crippen LogP contribution in [0.2, 0.25) is 0 Å². The smallest absolute Gasteiger partial charge is 0.252 e. The molecule has 124 valence electrons. The summed E-state index contributed by atoms with van der Waals surface area (Å²) in [4.78, 5) is 15.7. The van der Waals surface area contributed by atoms with Crippen LogP contribution in [-0.4, -0.2) is 20.7 Å². The molecular formula is C18H15N5O2. The molecule has 3 rings (SSSR count). The van der Waals surface area contributed by atoms with Crippen molar-refractivity contribution in [2.45, 2.75) is 13.2 Å². The molecule has 3 aromatic rings. The van der Waals surface area contributed by atoms with Gasteiger partial charge in [0.2, 0.25) is 5.91 Å². The first-order valence-corrected chi connectivity index (χ1v) is 7.59. The van der Waals surface area contributed by atoms with Crippen LogP contribution >= 0.6 is 0 Å². The summed E-state index contributed by atoms with van der Waals surface area (Å²) in [6.45, 7) is 0.473. The minimum Gasteiger partial charge on any atom is -0.489 e. The van der Waals surface area contributed by atoms with E-state index in [-0.39, 0.29) is 18.3 Å². The normalized spacial score (nSPS) is 10.0. The largest absolute Gasteiger partial charge is 0.489 e. The molecule has 1 heterocycles. The summed E-state index contributed by atoms with van der Waals surface area (Å²) in [6.07, 6.45) is 1.35. The Morgan fingerprint density at radius 1 is 1.16 bits per heavy atom. The number of carbonyl (C=O) groups is 1. The van der Waals surface area contributed by atoms with Crippen LogP contribution in [0.5, 0.6) is 5.75 Å². The molecule has 1 amide bonds. The van der Waals surface area contributed by atoms with Crippen LogP contribution in [0.1, 0.15) is 11.4 Å². The lowest BCUT2D eigenvalue weighted by Crippen LogP contribution is -2.19. The standard InChI is InChI=1S/C18H15N5O2/c19-10-17-20-13-23(22-17)11-18(24)21-15-6-8-16(9-7-15)25-12-14-4-2-1-3-5-14/h1-9,13H,11-12H2,(H,21,24). The number of nitriles is 1. The van der Waals surface area contributed by atoms with Crippen LogP contribution in [0.25, 0.3) is 0 Å². The van der Waals surface area contributed by atoms with Crippen LogP contribution in [0.3, 0.4) is 0 Å². The molecule has 0 aliphatic carbocycles. The fourth-order valence-electron chi connectivity index (χ4n) is 2.15. The number of nitrogens with one attached hydrogen (secondary N) is 1. The minimum absolute atomic E-state index is 0.0130. The van der Waals surface area contributed by atoms with E-state index in [1.807, 2.05) is 36.4 Å². The van der Waals surface area contributed by atoms with Crippen LogP contribution in [-0.2, 0) is 17.9 Å². The summed E-state index contributed by atoms with van der Waals surface area (Å²) in [6, 6.07) is 18.8. The zero-order chi connectivity index (χ0) is 17.5. The van der Waals surface area contributed by atoms with E-state index in [4.69, 9.17) is 10.00 Å². The van der Waals surface area contributed by atoms with E-state index in [9.17, 15) is 4.79 Å². The molecule has 0 radical (unpaired) electrons. The van der Waals surface area contributed by atoms with Gasteiger partial charge >= 0.3 is 0 Å². The van der Waals surface area contributed by atoms with Crippen LogP contribution in [0.4, 0.5) is 5.69 Å². The summed E-state index contributed by atoms with van der Waals surface area (Å²) in [5, 5.41) is 15.3. The molecule has 0 bridgehead atoms. The van der Waals surface area contributed by atoms with Crippen LogP contribution in [0.15, 0.2) is 60.9 Å². The van der Waals surface area contributed by atoms with Crippen molar-refractivity contribution in [2.75, 3.05) is 5.32 Å². The Kier molecular flexibility index (Phi) is 5.02. The molecule has 0 atom stereocenters. The number of carbonyl (C=O) groups excluding carboxylic acids is 1. The Labute approximate surface area is 144 Å². The van der Waals surface area contributed by atoms with Crippen molar-refractivity contribution in [2.24, 2.45) is 0 Å². The van der Waals surface area contributed by atoms with Crippen molar-refractivity contribution in [3.63, 3.8) is 0 Å². The average Bonchev–Trinajstić information content (AvgIpc) is 3.09. The zero-order valence-electron chi connectivity index (χ0n) is 13.3. The van der Waals surface area contributed by atoms with E-state index >= 15 is 0 Å². The maximum absolute atomic E-state index is 12.0. The second-order valence-corrected chi connectivity index (χ2v) is 5.22. The van der Waals surface area contributed by atoms with Gasteiger partial charge in [0, 0.05) is 5.69 Å². The van der Waals surface area contributed by atoms with E-state index in [0.717, 1.165) is 11.3 Å². The number of nitrogens with zero attached hydrogens (tertiary/aromatic N) is 4. The Balaban J connectivity index is 1.51. The summed E-state index contributed by atoms with van der Waals surface area (Å²) in [5.41, 5.74) is 1.74. The van der Waals surface area contributed by atoms with Crippen molar-refractivity contribution in [1.82, 2.24) is 14.8 Å². The molecular weight excluding hydrogens is 318 g/mol. The third-order valence-electron chi connectivity index (χ3n) is 3.33. The van der Waals surface area contributed by atoms with Crippen molar-refractivity contribution in [1.29, 1.82) is 5.26 Å². The Morgan fingerprint density at radius 2 is 1.92 bits per heavy atom. The number of ether oxygens (including phenoxy) is 1. The molecule has 7 nitrogen and oxygen atoms in total. The van der Waals surface area contributed by atoms with E-state index in [1.54, 1.807) is 24.3 Å².